The second kappa shape index (κ2) is 5.59. The highest BCUT2D eigenvalue weighted by Crippen LogP contribution is 2.27. The fourth-order valence-electron chi connectivity index (χ4n) is 0.976. The third-order valence-corrected chi connectivity index (χ3v) is 4.63. The molecule has 0 aliphatic carbocycles. The molecule has 0 spiro atoms. The Hall–Kier alpha value is -0.310. The van der Waals surface area contributed by atoms with Crippen molar-refractivity contribution in [3.8, 4) is 5.75 Å². The van der Waals surface area contributed by atoms with Gasteiger partial charge in [-0.25, -0.2) is 4.72 Å². The van der Waals surface area contributed by atoms with Crippen molar-refractivity contribution in [2.24, 2.45) is 0 Å². The van der Waals surface area contributed by atoms with Crippen LogP contribution in [0, 0.1) is 7.14 Å². The summed E-state index contributed by atoms with van der Waals surface area (Å²) in [5.41, 5.74) is -6.26. The van der Waals surface area contributed by atoms with Crippen LogP contribution in [0.5, 0.6) is 5.75 Å². The molecule has 0 atom stereocenters. The van der Waals surface area contributed by atoms with E-state index in [1.54, 1.807) is 45.2 Å². The maximum atomic E-state index is 12.1. The standard InChI is InChI=1S/C8H4F3I2NO4S/c9-8(10,11)19(17,18)14-7(16)5-3(12)1-2-4(13)6(5)15/h1-2,15H,(H,14,16)/p-1. The molecule has 1 aromatic carbocycles. The van der Waals surface area contributed by atoms with Crippen LogP contribution in [0.4, 0.5) is 13.2 Å². The summed E-state index contributed by atoms with van der Waals surface area (Å²) in [4.78, 5) is 11.5. The number of halogens is 5. The van der Waals surface area contributed by atoms with Crippen LogP contribution in [0.3, 0.4) is 0 Å². The van der Waals surface area contributed by atoms with Gasteiger partial charge >= 0.3 is 15.5 Å². The van der Waals surface area contributed by atoms with Gasteiger partial charge < -0.3 is 5.11 Å². The van der Waals surface area contributed by atoms with E-state index in [4.69, 9.17) is 0 Å². The van der Waals surface area contributed by atoms with Gasteiger partial charge in [-0.15, -0.1) is 0 Å². The van der Waals surface area contributed by atoms with Gasteiger partial charge in [0.15, 0.2) is 0 Å². The fourth-order valence-corrected chi connectivity index (χ4v) is 2.56. The second-order valence-electron chi connectivity index (χ2n) is 3.11. The summed E-state index contributed by atoms with van der Waals surface area (Å²) in [7, 11) is -5.84. The van der Waals surface area contributed by atoms with Crippen molar-refractivity contribution < 1.29 is 31.5 Å². The minimum absolute atomic E-state index is 0.0536. The normalized spacial score (nSPS) is 12.3. The highest BCUT2D eigenvalue weighted by atomic mass is 127. The van der Waals surface area contributed by atoms with E-state index >= 15 is 0 Å². The molecular weight excluding hydrogens is 517 g/mol. The molecule has 0 aliphatic rings. The summed E-state index contributed by atoms with van der Waals surface area (Å²) in [5.74, 6) is -2.44. The molecule has 0 saturated heterocycles. The minimum atomic E-state index is -5.84. The van der Waals surface area contributed by atoms with Gasteiger partial charge in [0.05, 0.1) is 0 Å². The zero-order chi connectivity index (χ0) is 15.0. The molecule has 5 nitrogen and oxygen atoms in total. The van der Waals surface area contributed by atoms with Gasteiger partial charge in [0, 0.05) is 12.7 Å². The van der Waals surface area contributed by atoms with Gasteiger partial charge in [-0.1, -0.05) is 5.75 Å². The third-order valence-electron chi connectivity index (χ3n) is 1.82. The Morgan fingerprint density at radius 1 is 1.21 bits per heavy atom. The first-order chi connectivity index (χ1) is 8.47. The van der Waals surface area contributed by atoms with Crippen LogP contribution >= 0.6 is 45.2 Å². The maximum absolute atomic E-state index is 12.1. The molecule has 0 aliphatic heterocycles. The van der Waals surface area contributed by atoms with Crippen LogP contribution in [-0.2, 0) is 10.0 Å². The molecule has 1 rings (SSSR count). The average Bonchev–Trinajstić information content (AvgIpc) is 2.21. The predicted octanol–water partition coefficient (Wildman–Crippen LogP) is 1.55. The maximum Gasteiger partial charge on any atom is 0.516 e. The van der Waals surface area contributed by atoms with E-state index in [1.807, 2.05) is 0 Å². The molecular formula is C8H3F3I2NO4S-. The molecule has 0 unspecified atom stereocenters. The van der Waals surface area contributed by atoms with Crippen LogP contribution in [0.2, 0.25) is 0 Å². The molecule has 0 saturated carbocycles. The highest BCUT2D eigenvalue weighted by Gasteiger charge is 2.47. The molecule has 0 heterocycles. The Kier molecular flexibility index (Phi) is 4.93. The molecule has 11 heteroatoms. The Bertz CT molecular complexity index is 630. The minimum Gasteiger partial charge on any atom is -0.871 e. The van der Waals surface area contributed by atoms with E-state index in [2.05, 4.69) is 0 Å². The van der Waals surface area contributed by atoms with Gasteiger partial charge in [-0.3, -0.25) is 4.79 Å². The Labute approximate surface area is 132 Å². The van der Waals surface area contributed by atoms with Crippen molar-refractivity contribution >= 4 is 61.1 Å². The molecule has 1 aromatic rings. The lowest BCUT2D eigenvalue weighted by Gasteiger charge is -2.17. The molecule has 1 N–H and O–H groups in total. The average molecular weight is 520 g/mol. The number of carbonyl (C=O) groups is 1. The van der Waals surface area contributed by atoms with Gasteiger partial charge in [0.25, 0.3) is 5.91 Å². The van der Waals surface area contributed by atoms with E-state index in [0.717, 1.165) is 4.72 Å². The number of hydrogen-bond acceptors (Lipinski definition) is 4. The number of alkyl halides is 3. The lowest BCUT2D eigenvalue weighted by atomic mass is 10.2. The van der Waals surface area contributed by atoms with Gasteiger partial charge in [0.2, 0.25) is 0 Å². The Morgan fingerprint density at radius 2 is 1.68 bits per heavy atom. The second-order valence-corrected chi connectivity index (χ2v) is 7.11. The summed E-state index contributed by atoms with van der Waals surface area (Å²) in [6.45, 7) is 0. The first-order valence-electron chi connectivity index (χ1n) is 4.26. The zero-order valence-corrected chi connectivity index (χ0v) is 13.7. The predicted molar refractivity (Wildman–Crippen MR) is 73.8 cm³/mol. The largest absolute Gasteiger partial charge is 0.871 e. The Balaban J connectivity index is 3.21. The summed E-state index contributed by atoms with van der Waals surface area (Å²) in [6, 6.07) is 2.68. The van der Waals surface area contributed by atoms with Crippen molar-refractivity contribution in [1.29, 1.82) is 0 Å². The summed E-state index contributed by atoms with van der Waals surface area (Å²) in [5, 5.41) is 11.6. The summed E-state index contributed by atoms with van der Waals surface area (Å²) < 4.78 is 58.8. The number of amides is 1. The number of hydrogen-bond donors (Lipinski definition) is 1. The van der Waals surface area contributed by atoms with E-state index in [0.29, 0.717) is 0 Å². The third kappa shape index (κ3) is 3.62. The van der Waals surface area contributed by atoms with Gasteiger partial charge in [-0.05, 0) is 57.3 Å². The fraction of sp³-hybridized carbons (Fsp3) is 0.125. The van der Waals surface area contributed by atoms with Crippen molar-refractivity contribution in [3.63, 3.8) is 0 Å². The number of carbonyl (C=O) groups excluding carboxylic acids is 1. The van der Waals surface area contributed by atoms with Crippen molar-refractivity contribution in [3.05, 3.63) is 24.8 Å². The lowest BCUT2D eigenvalue weighted by Crippen LogP contribution is -2.40. The van der Waals surface area contributed by atoms with Crippen molar-refractivity contribution in [2.45, 2.75) is 5.51 Å². The van der Waals surface area contributed by atoms with Crippen molar-refractivity contribution in [1.82, 2.24) is 4.72 Å². The van der Waals surface area contributed by atoms with E-state index < -0.39 is 32.8 Å². The quantitative estimate of drug-likeness (QED) is 0.601. The smallest absolute Gasteiger partial charge is 0.516 e. The topological polar surface area (TPSA) is 86.3 Å². The Morgan fingerprint density at radius 3 is 2.16 bits per heavy atom. The molecule has 1 amide bonds. The SMILES string of the molecule is O=C(NS(=O)(=O)C(F)(F)F)c1c(I)ccc(I)c1[O-]. The van der Waals surface area contributed by atoms with Crippen LogP contribution < -0.4 is 9.83 Å². The summed E-state index contributed by atoms with van der Waals surface area (Å²) in [6.07, 6.45) is 0. The monoisotopic (exact) mass is 520 g/mol. The first-order valence-corrected chi connectivity index (χ1v) is 7.90. The van der Waals surface area contributed by atoms with Gasteiger partial charge in [-0.2, -0.15) is 21.6 Å². The molecule has 19 heavy (non-hydrogen) atoms. The van der Waals surface area contributed by atoms with Crippen LogP contribution in [0.25, 0.3) is 0 Å². The van der Waals surface area contributed by atoms with E-state index in [9.17, 15) is 31.5 Å². The van der Waals surface area contributed by atoms with Crippen LogP contribution in [0.1, 0.15) is 10.4 Å². The molecule has 0 aromatic heterocycles. The molecule has 0 fully saturated rings. The summed E-state index contributed by atoms with van der Waals surface area (Å²) >= 11 is 3.14. The molecule has 0 bridgehead atoms. The van der Waals surface area contributed by atoms with E-state index in [-0.39, 0.29) is 7.14 Å². The van der Waals surface area contributed by atoms with Gasteiger partial charge in [0.1, 0.15) is 0 Å². The zero-order valence-electron chi connectivity index (χ0n) is 8.59. The number of benzene rings is 1. The molecule has 106 valence electrons. The number of nitrogens with one attached hydrogen (secondary N) is 1. The lowest BCUT2D eigenvalue weighted by molar-refractivity contribution is -0.270. The number of rotatable bonds is 2. The first kappa shape index (κ1) is 16.7. The number of sulfonamides is 1. The molecule has 0 radical (unpaired) electrons. The van der Waals surface area contributed by atoms with E-state index in [1.165, 1.54) is 12.1 Å². The highest BCUT2D eigenvalue weighted by molar-refractivity contribution is 14.1. The van der Waals surface area contributed by atoms with Crippen molar-refractivity contribution in [2.75, 3.05) is 0 Å². The van der Waals surface area contributed by atoms with Crippen LogP contribution in [0.15, 0.2) is 12.1 Å². The van der Waals surface area contributed by atoms with Crippen LogP contribution in [-0.4, -0.2) is 19.8 Å².